The highest BCUT2D eigenvalue weighted by Crippen LogP contribution is 2.66. The predicted octanol–water partition coefficient (Wildman–Crippen LogP) is 6.69. The van der Waals surface area contributed by atoms with E-state index >= 15 is 0 Å². The third-order valence-electron chi connectivity index (χ3n) is 8.76. The van der Waals surface area contributed by atoms with Gasteiger partial charge in [0, 0.05) is 17.8 Å². The fraction of sp³-hybridized carbons (Fsp3) is 0.708. The molecule has 3 fully saturated rings. The fourth-order valence-electron chi connectivity index (χ4n) is 6.59. The molecule has 2 saturated carbocycles. The first kappa shape index (κ1) is 25.5. The van der Waals surface area contributed by atoms with Crippen LogP contribution >= 0.6 is 12.2 Å². The van der Waals surface area contributed by atoms with Crippen LogP contribution in [0.3, 0.4) is 0 Å². The Labute approximate surface area is 201 Å². The number of piperidine rings is 1. The standard InChI is InChI=1S/C24H31F6N3S/c1-21(2)17-7-8-22(21,3)19(18(17)33-9-5-4-6-10-33)32-20(34)31-16-12-14(23(25,26)27)11-15(13-16)24(28,29)30/h11-13,17-19H,4-10H2,1-3H3,(H2,31,32,34)/t17?,18-,19+,22?/m1/s1. The Hall–Kier alpha value is -1.55. The van der Waals surface area contributed by atoms with Gasteiger partial charge >= 0.3 is 12.4 Å². The summed E-state index contributed by atoms with van der Waals surface area (Å²) >= 11 is 5.44. The van der Waals surface area contributed by atoms with Gasteiger partial charge in [0.2, 0.25) is 0 Å². The zero-order valence-electron chi connectivity index (χ0n) is 19.5. The van der Waals surface area contributed by atoms with Crippen LogP contribution in [0.5, 0.6) is 0 Å². The fourth-order valence-corrected chi connectivity index (χ4v) is 6.83. The first-order valence-electron chi connectivity index (χ1n) is 11.8. The van der Waals surface area contributed by atoms with Crippen molar-refractivity contribution in [2.75, 3.05) is 18.4 Å². The Bertz CT molecular complexity index is 905. The number of benzene rings is 1. The molecule has 1 aromatic rings. The maximum Gasteiger partial charge on any atom is 0.416 e. The molecule has 4 rings (SSSR count). The maximum atomic E-state index is 13.2. The summed E-state index contributed by atoms with van der Waals surface area (Å²) < 4.78 is 79.5. The minimum atomic E-state index is -4.91. The van der Waals surface area contributed by atoms with E-state index in [-0.39, 0.29) is 39.8 Å². The third kappa shape index (κ3) is 4.40. The molecule has 34 heavy (non-hydrogen) atoms. The summed E-state index contributed by atoms with van der Waals surface area (Å²) in [4.78, 5) is 2.51. The van der Waals surface area contributed by atoms with E-state index in [2.05, 4.69) is 36.3 Å². The molecule has 3 aliphatic rings. The maximum absolute atomic E-state index is 13.2. The van der Waals surface area contributed by atoms with Crippen molar-refractivity contribution in [1.82, 2.24) is 10.2 Å². The zero-order chi connectivity index (χ0) is 25.1. The number of nitrogens with zero attached hydrogens (tertiary/aromatic N) is 1. The Balaban J connectivity index is 1.59. The average Bonchev–Trinajstić information content (AvgIpc) is 3.05. The molecule has 1 aliphatic heterocycles. The second-order valence-corrected chi connectivity index (χ2v) is 11.2. The highest BCUT2D eigenvalue weighted by Gasteiger charge is 2.67. The Morgan fingerprint density at radius 1 is 0.941 bits per heavy atom. The molecular formula is C24H31F6N3S. The van der Waals surface area contributed by atoms with Gasteiger partial charge in [-0.3, -0.25) is 4.90 Å². The second-order valence-electron chi connectivity index (χ2n) is 10.7. The van der Waals surface area contributed by atoms with Crippen molar-refractivity contribution in [3.63, 3.8) is 0 Å². The summed E-state index contributed by atoms with van der Waals surface area (Å²) in [5.74, 6) is 0.446. The SMILES string of the molecule is CC1(C)C2CCC1(C)[C@@H](NC(=S)Nc1cc(C(F)(F)F)cc(C(F)(F)F)c1)[C@@H]2N1CCCCC1. The minimum absolute atomic E-state index is 0.0298. The summed E-state index contributed by atoms with van der Waals surface area (Å²) in [6, 6.07) is 1.62. The van der Waals surface area contributed by atoms with Gasteiger partial charge in [-0.2, -0.15) is 26.3 Å². The number of halogens is 6. The van der Waals surface area contributed by atoms with Crippen molar-refractivity contribution >= 4 is 23.0 Å². The molecule has 1 heterocycles. The number of likely N-dealkylation sites (tertiary alicyclic amines) is 1. The highest BCUT2D eigenvalue weighted by atomic mass is 32.1. The Morgan fingerprint density at radius 3 is 2.03 bits per heavy atom. The topological polar surface area (TPSA) is 27.3 Å². The molecule has 2 N–H and O–H groups in total. The normalized spacial score (nSPS) is 31.5. The van der Waals surface area contributed by atoms with Crippen molar-refractivity contribution in [2.45, 2.75) is 77.3 Å². The molecular weight excluding hydrogens is 476 g/mol. The van der Waals surface area contributed by atoms with Crippen LogP contribution in [0.2, 0.25) is 0 Å². The largest absolute Gasteiger partial charge is 0.416 e. The summed E-state index contributed by atoms with van der Waals surface area (Å²) in [5.41, 5.74) is -3.14. The number of rotatable bonds is 3. The number of hydrogen-bond acceptors (Lipinski definition) is 2. The van der Waals surface area contributed by atoms with Gasteiger partial charge in [0.25, 0.3) is 0 Å². The molecule has 1 saturated heterocycles. The van der Waals surface area contributed by atoms with E-state index in [4.69, 9.17) is 12.2 Å². The molecule has 2 unspecified atom stereocenters. The third-order valence-corrected chi connectivity index (χ3v) is 8.98. The van der Waals surface area contributed by atoms with E-state index in [0.717, 1.165) is 38.8 Å². The van der Waals surface area contributed by atoms with Crippen LogP contribution < -0.4 is 10.6 Å². The van der Waals surface area contributed by atoms with Gasteiger partial charge in [0.1, 0.15) is 0 Å². The van der Waals surface area contributed by atoms with Gasteiger partial charge < -0.3 is 10.6 Å². The Kier molecular flexibility index (Phi) is 6.41. The van der Waals surface area contributed by atoms with E-state index in [1.54, 1.807) is 0 Å². The summed E-state index contributed by atoms with van der Waals surface area (Å²) in [5, 5.41) is 6.00. The van der Waals surface area contributed by atoms with Crippen LogP contribution in [0, 0.1) is 16.7 Å². The highest BCUT2D eigenvalue weighted by molar-refractivity contribution is 7.80. The van der Waals surface area contributed by atoms with Crippen LogP contribution in [0.25, 0.3) is 0 Å². The van der Waals surface area contributed by atoms with Crippen molar-refractivity contribution in [2.24, 2.45) is 16.7 Å². The second kappa shape index (κ2) is 8.54. The molecule has 0 radical (unpaired) electrons. The Morgan fingerprint density at radius 2 is 1.50 bits per heavy atom. The lowest BCUT2D eigenvalue weighted by molar-refractivity contribution is -0.143. The van der Waals surface area contributed by atoms with E-state index in [1.807, 2.05) is 0 Å². The smallest absolute Gasteiger partial charge is 0.358 e. The number of fused-ring (bicyclic) bond motifs is 2. The van der Waals surface area contributed by atoms with Crippen molar-refractivity contribution in [3.05, 3.63) is 29.3 Å². The van der Waals surface area contributed by atoms with Crippen LogP contribution in [0.15, 0.2) is 18.2 Å². The van der Waals surface area contributed by atoms with E-state index < -0.39 is 23.5 Å². The summed E-state index contributed by atoms with van der Waals surface area (Å²) in [6.07, 6.45) is -4.27. The van der Waals surface area contributed by atoms with Crippen LogP contribution in [-0.4, -0.2) is 35.2 Å². The summed E-state index contributed by atoms with van der Waals surface area (Å²) in [6.45, 7) is 8.75. The molecule has 1 aromatic carbocycles. The minimum Gasteiger partial charge on any atom is -0.358 e. The average molecular weight is 508 g/mol. The molecule has 2 aliphatic carbocycles. The first-order chi connectivity index (χ1) is 15.6. The number of alkyl halides is 6. The summed E-state index contributed by atoms with van der Waals surface area (Å²) in [7, 11) is 0. The van der Waals surface area contributed by atoms with E-state index in [9.17, 15) is 26.3 Å². The van der Waals surface area contributed by atoms with E-state index in [0.29, 0.717) is 18.1 Å². The van der Waals surface area contributed by atoms with Crippen molar-refractivity contribution < 1.29 is 26.3 Å². The lowest BCUT2D eigenvalue weighted by atomic mass is 9.69. The predicted molar refractivity (Wildman–Crippen MR) is 123 cm³/mol. The van der Waals surface area contributed by atoms with E-state index in [1.165, 1.54) is 6.42 Å². The number of nitrogens with one attached hydrogen (secondary N) is 2. The lowest BCUT2D eigenvalue weighted by Crippen LogP contribution is -2.59. The molecule has 0 aromatic heterocycles. The zero-order valence-corrected chi connectivity index (χ0v) is 20.4. The number of hydrogen-bond donors (Lipinski definition) is 2. The number of anilines is 1. The lowest BCUT2D eigenvalue weighted by Gasteiger charge is -2.45. The molecule has 0 spiro atoms. The van der Waals surface area contributed by atoms with Gasteiger partial charge in [0.05, 0.1) is 11.1 Å². The van der Waals surface area contributed by atoms with Crippen LogP contribution in [0.1, 0.15) is 64.0 Å². The van der Waals surface area contributed by atoms with Gasteiger partial charge in [-0.1, -0.05) is 27.2 Å². The quantitative estimate of drug-likeness (QED) is 0.352. The van der Waals surface area contributed by atoms with Crippen LogP contribution in [0.4, 0.5) is 32.0 Å². The molecule has 2 bridgehead atoms. The number of thiocarbonyl (C=S) groups is 1. The van der Waals surface area contributed by atoms with Gasteiger partial charge in [-0.15, -0.1) is 0 Å². The van der Waals surface area contributed by atoms with Crippen LogP contribution in [-0.2, 0) is 12.4 Å². The van der Waals surface area contributed by atoms with Crippen molar-refractivity contribution in [1.29, 1.82) is 0 Å². The monoisotopic (exact) mass is 507 g/mol. The van der Waals surface area contributed by atoms with Gasteiger partial charge in [0.15, 0.2) is 5.11 Å². The first-order valence-corrected chi connectivity index (χ1v) is 12.2. The molecule has 190 valence electrons. The molecule has 4 atom stereocenters. The van der Waals surface area contributed by atoms with Gasteiger partial charge in [-0.05, 0) is 85.9 Å². The molecule has 10 heteroatoms. The molecule has 0 amide bonds. The molecule has 3 nitrogen and oxygen atoms in total. The van der Waals surface area contributed by atoms with Crippen molar-refractivity contribution in [3.8, 4) is 0 Å². The van der Waals surface area contributed by atoms with Gasteiger partial charge in [-0.25, -0.2) is 0 Å².